The molecule has 0 aliphatic heterocycles. The Morgan fingerprint density at radius 2 is 2.27 bits per heavy atom. The van der Waals surface area contributed by atoms with Crippen LogP contribution in [-0.2, 0) is 14.6 Å². The van der Waals surface area contributed by atoms with Gasteiger partial charge >= 0.3 is 5.97 Å². The maximum absolute atomic E-state index is 10.7. The lowest BCUT2D eigenvalue weighted by Gasteiger charge is -2.07. The van der Waals surface area contributed by atoms with E-state index in [2.05, 4.69) is 4.74 Å². The third-order valence-electron chi connectivity index (χ3n) is 1.12. The molecule has 0 heterocycles. The Kier molecular flexibility index (Phi) is 5.78. The van der Waals surface area contributed by atoms with E-state index in [1.54, 1.807) is 0 Å². The molecule has 65 valence electrons. The number of hydrogen-bond donors (Lipinski definition) is 1. The van der Waals surface area contributed by atoms with E-state index in [9.17, 15) is 9.90 Å². The van der Waals surface area contributed by atoms with E-state index in [4.69, 9.17) is 5.73 Å². The van der Waals surface area contributed by atoms with Crippen molar-refractivity contribution in [1.82, 2.24) is 0 Å². The van der Waals surface area contributed by atoms with E-state index >= 15 is 0 Å². The lowest BCUT2D eigenvalue weighted by molar-refractivity contribution is -0.179. The van der Waals surface area contributed by atoms with Gasteiger partial charge in [0.2, 0.25) is 6.29 Å². The minimum Gasteiger partial charge on any atom is -0.433 e. The Labute approximate surface area is 66.3 Å². The van der Waals surface area contributed by atoms with Gasteiger partial charge in [-0.2, -0.15) is 5.11 Å². The lowest BCUT2D eigenvalue weighted by atomic mass is 10.3. The first-order chi connectivity index (χ1) is 5.20. The molecule has 0 aliphatic carbocycles. The fraction of sp³-hybridized carbons (Fsp3) is 0.857. The van der Waals surface area contributed by atoms with Crippen LogP contribution in [0.3, 0.4) is 0 Å². The maximum atomic E-state index is 10.7. The summed E-state index contributed by atoms with van der Waals surface area (Å²) in [5, 5.41) is 10.7. The molecule has 2 N–H and O–H groups in total. The lowest BCUT2D eigenvalue weighted by Crippen LogP contribution is -2.19. The molecule has 4 nitrogen and oxygen atoms in total. The predicted molar refractivity (Wildman–Crippen MR) is 39.1 cm³/mol. The maximum Gasteiger partial charge on any atom is 0.308 e. The summed E-state index contributed by atoms with van der Waals surface area (Å²) in [4.78, 5) is 10.7. The second-order valence-corrected chi connectivity index (χ2v) is 2.25. The Balaban J connectivity index is 3.40. The number of ether oxygens (including phenoxy) is 1. The summed E-state index contributed by atoms with van der Waals surface area (Å²) in [5.41, 5.74) is 5.09. The average molecular weight is 160 g/mol. The summed E-state index contributed by atoms with van der Waals surface area (Å²) < 4.78 is 4.46. The second kappa shape index (κ2) is 6.12. The summed E-state index contributed by atoms with van der Waals surface area (Å²) in [6.45, 7) is 2.11. The van der Waals surface area contributed by atoms with E-state index in [1.807, 2.05) is 6.92 Å². The molecule has 0 amide bonds. The van der Waals surface area contributed by atoms with Crippen molar-refractivity contribution in [3.63, 3.8) is 0 Å². The van der Waals surface area contributed by atoms with Crippen LogP contribution < -0.4 is 5.73 Å². The van der Waals surface area contributed by atoms with Gasteiger partial charge in [0.05, 0.1) is 0 Å². The fourth-order valence-electron chi connectivity index (χ4n) is 0.605. The molecule has 1 atom stereocenters. The molecule has 4 heteroatoms. The van der Waals surface area contributed by atoms with E-state index in [0.29, 0.717) is 12.8 Å². The van der Waals surface area contributed by atoms with Crippen molar-refractivity contribution in [2.75, 3.05) is 6.54 Å². The minimum absolute atomic E-state index is 0.190. The van der Waals surface area contributed by atoms with Gasteiger partial charge < -0.3 is 10.5 Å². The summed E-state index contributed by atoms with van der Waals surface area (Å²) in [6, 6.07) is 0. The highest BCUT2D eigenvalue weighted by molar-refractivity contribution is 5.69. The molecule has 11 heavy (non-hydrogen) atoms. The fourth-order valence-corrected chi connectivity index (χ4v) is 0.605. The highest BCUT2D eigenvalue weighted by atomic mass is 16.6. The molecule has 1 radical (unpaired) electrons. The van der Waals surface area contributed by atoms with Crippen LogP contribution in [0.4, 0.5) is 0 Å². The van der Waals surface area contributed by atoms with Crippen LogP contribution in [0.25, 0.3) is 0 Å². The van der Waals surface area contributed by atoms with Crippen LogP contribution in [0.5, 0.6) is 0 Å². The molecule has 0 fully saturated rings. The van der Waals surface area contributed by atoms with Crippen molar-refractivity contribution in [2.45, 2.75) is 32.5 Å². The van der Waals surface area contributed by atoms with Crippen LogP contribution >= 0.6 is 0 Å². The SMILES string of the molecule is CCCC(=O)OC([O])CCN. The van der Waals surface area contributed by atoms with E-state index < -0.39 is 12.3 Å². The number of hydrogen-bond acceptors (Lipinski definition) is 3. The molecule has 0 aliphatic rings. The van der Waals surface area contributed by atoms with Gasteiger partial charge in [-0.1, -0.05) is 6.92 Å². The number of carbonyl (C=O) groups is 1. The quantitative estimate of drug-likeness (QED) is 0.468. The number of esters is 1. The third kappa shape index (κ3) is 5.82. The zero-order valence-corrected chi connectivity index (χ0v) is 6.71. The highest BCUT2D eigenvalue weighted by Gasteiger charge is 2.09. The zero-order valence-electron chi connectivity index (χ0n) is 6.71. The number of nitrogens with two attached hydrogens (primary N) is 1. The molecule has 0 bridgehead atoms. The Morgan fingerprint density at radius 1 is 1.64 bits per heavy atom. The van der Waals surface area contributed by atoms with Crippen molar-refractivity contribution >= 4 is 5.97 Å². The molecule has 0 aromatic carbocycles. The molecule has 0 saturated carbocycles. The van der Waals surface area contributed by atoms with Crippen molar-refractivity contribution in [3.05, 3.63) is 0 Å². The van der Waals surface area contributed by atoms with Gasteiger partial charge in [0.25, 0.3) is 0 Å². The van der Waals surface area contributed by atoms with Gasteiger partial charge in [-0.3, -0.25) is 4.79 Å². The van der Waals surface area contributed by atoms with Crippen LogP contribution in [0.15, 0.2) is 0 Å². The van der Waals surface area contributed by atoms with Crippen LogP contribution in [-0.4, -0.2) is 18.8 Å². The Hall–Kier alpha value is -0.610. The first-order valence-corrected chi connectivity index (χ1v) is 3.76. The Bertz CT molecular complexity index is 116. The standard InChI is InChI=1S/C7H14NO3/c1-2-3-6(9)11-7(10)4-5-8/h7H,2-5,8H2,1H3. The first kappa shape index (κ1) is 10.4. The number of carbonyl (C=O) groups excluding carboxylic acids is 1. The summed E-state index contributed by atoms with van der Waals surface area (Å²) >= 11 is 0. The second-order valence-electron chi connectivity index (χ2n) is 2.25. The third-order valence-corrected chi connectivity index (χ3v) is 1.12. The topological polar surface area (TPSA) is 72.2 Å². The van der Waals surface area contributed by atoms with Crippen LogP contribution in [0.2, 0.25) is 0 Å². The summed E-state index contributed by atoms with van der Waals surface area (Å²) in [5.74, 6) is -0.430. The van der Waals surface area contributed by atoms with Crippen molar-refractivity contribution in [3.8, 4) is 0 Å². The summed E-state index contributed by atoms with van der Waals surface area (Å²) in [7, 11) is 0. The monoisotopic (exact) mass is 160 g/mol. The smallest absolute Gasteiger partial charge is 0.308 e. The van der Waals surface area contributed by atoms with Crippen molar-refractivity contribution < 1.29 is 14.6 Å². The molecule has 0 aromatic heterocycles. The van der Waals surface area contributed by atoms with E-state index in [1.165, 1.54) is 0 Å². The normalized spacial score (nSPS) is 12.6. The summed E-state index contributed by atoms with van der Waals surface area (Å²) in [6.07, 6.45) is -0.0773. The Morgan fingerprint density at radius 3 is 2.73 bits per heavy atom. The molecule has 1 unspecified atom stereocenters. The van der Waals surface area contributed by atoms with Gasteiger partial charge in [0.1, 0.15) is 0 Å². The number of rotatable bonds is 5. The largest absolute Gasteiger partial charge is 0.433 e. The van der Waals surface area contributed by atoms with Crippen LogP contribution in [0, 0.1) is 0 Å². The molecule has 0 saturated heterocycles. The minimum atomic E-state index is -1.28. The molecule has 0 spiro atoms. The van der Waals surface area contributed by atoms with E-state index in [0.717, 1.165) is 0 Å². The van der Waals surface area contributed by atoms with Crippen molar-refractivity contribution in [2.24, 2.45) is 5.73 Å². The predicted octanol–water partition coefficient (Wildman–Crippen LogP) is 0.435. The molecular weight excluding hydrogens is 146 g/mol. The molecule has 0 aromatic rings. The zero-order chi connectivity index (χ0) is 8.69. The van der Waals surface area contributed by atoms with Gasteiger partial charge in [-0.05, 0) is 13.0 Å². The average Bonchev–Trinajstić information content (AvgIpc) is 1.87. The first-order valence-electron chi connectivity index (χ1n) is 3.76. The van der Waals surface area contributed by atoms with E-state index in [-0.39, 0.29) is 13.0 Å². The van der Waals surface area contributed by atoms with Crippen LogP contribution in [0.1, 0.15) is 26.2 Å². The van der Waals surface area contributed by atoms with Gasteiger partial charge in [0.15, 0.2) is 0 Å². The van der Waals surface area contributed by atoms with Crippen molar-refractivity contribution in [1.29, 1.82) is 0 Å². The molecular formula is C7H14NO3. The highest BCUT2D eigenvalue weighted by Crippen LogP contribution is 1.98. The van der Waals surface area contributed by atoms with Gasteiger partial charge in [-0.25, -0.2) is 0 Å². The molecule has 0 rings (SSSR count). The van der Waals surface area contributed by atoms with Gasteiger partial charge in [0, 0.05) is 12.8 Å². The van der Waals surface area contributed by atoms with Gasteiger partial charge in [-0.15, -0.1) is 0 Å².